The van der Waals surface area contributed by atoms with E-state index in [0.717, 1.165) is 18.4 Å². The minimum atomic E-state index is -0.460. The maximum absolute atomic E-state index is 12.5. The molecule has 3 rings (SSSR count). The standard InChI is InChI=1S/C19H19ClN2O3/c20-15-5-9-17(10-6-15)25-12-18(23)22(16-7-8-16)11-13-1-3-14(4-2-13)19(21)24/h1-6,9-10,16H,7-8,11-12H2,(H2,21,24). The van der Waals surface area contributed by atoms with Crippen LogP contribution in [-0.4, -0.2) is 29.4 Å². The third-order valence-corrected chi connectivity index (χ3v) is 4.33. The number of carbonyl (C=O) groups excluding carboxylic acids is 2. The molecule has 130 valence electrons. The van der Waals surface area contributed by atoms with Gasteiger partial charge < -0.3 is 15.4 Å². The van der Waals surface area contributed by atoms with Crippen LogP contribution in [0.5, 0.6) is 5.75 Å². The van der Waals surface area contributed by atoms with Crippen LogP contribution in [0.1, 0.15) is 28.8 Å². The number of nitrogens with two attached hydrogens (primary N) is 1. The SMILES string of the molecule is NC(=O)c1ccc(CN(C(=O)COc2ccc(Cl)cc2)C2CC2)cc1. The number of ether oxygens (including phenoxy) is 1. The van der Waals surface area contributed by atoms with Gasteiger partial charge in [0, 0.05) is 23.2 Å². The second kappa shape index (κ2) is 7.57. The molecule has 1 fully saturated rings. The van der Waals surface area contributed by atoms with E-state index in [4.69, 9.17) is 22.1 Å². The predicted octanol–water partition coefficient (Wildman–Crippen LogP) is 3.01. The quantitative estimate of drug-likeness (QED) is 0.826. The zero-order chi connectivity index (χ0) is 17.8. The molecule has 0 atom stereocenters. The normalized spacial score (nSPS) is 13.3. The summed E-state index contributed by atoms with van der Waals surface area (Å²) in [4.78, 5) is 25.5. The molecule has 2 N–H and O–H groups in total. The van der Waals surface area contributed by atoms with Crippen LogP contribution in [0.2, 0.25) is 5.02 Å². The lowest BCUT2D eigenvalue weighted by atomic mass is 10.1. The summed E-state index contributed by atoms with van der Waals surface area (Å²) in [5, 5.41) is 0.623. The second-order valence-corrected chi connectivity index (χ2v) is 6.49. The average Bonchev–Trinajstić information content (AvgIpc) is 3.44. The van der Waals surface area contributed by atoms with Crippen molar-refractivity contribution in [2.45, 2.75) is 25.4 Å². The van der Waals surface area contributed by atoms with Crippen LogP contribution in [-0.2, 0) is 11.3 Å². The van der Waals surface area contributed by atoms with Gasteiger partial charge >= 0.3 is 0 Å². The fraction of sp³-hybridized carbons (Fsp3) is 0.263. The third-order valence-electron chi connectivity index (χ3n) is 4.08. The van der Waals surface area contributed by atoms with Crippen LogP contribution < -0.4 is 10.5 Å². The van der Waals surface area contributed by atoms with E-state index in [0.29, 0.717) is 22.9 Å². The van der Waals surface area contributed by atoms with E-state index in [1.807, 2.05) is 17.0 Å². The number of hydrogen-bond donors (Lipinski definition) is 1. The minimum Gasteiger partial charge on any atom is -0.484 e. The fourth-order valence-corrected chi connectivity index (χ4v) is 2.66. The first-order valence-corrected chi connectivity index (χ1v) is 8.47. The van der Waals surface area contributed by atoms with Gasteiger partial charge in [0.15, 0.2) is 6.61 Å². The van der Waals surface area contributed by atoms with Crippen molar-refractivity contribution in [3.05, 3.63) is 64.7 Å². The molecule has 0 saturated heterocycles. The van der Waals surface area contributed by atoms with Crippen molar-refractivity contribution in [3.63, 3.8) is 0 Å². The van der Waals surface area contributed by atoms with E-state index in [1.165, 1.54) is 0 Å². The summed E-state index contributed by atoms with van der Waals surface area (Å²) in [5.41, 5.74) is 6.66. The Morgan fingerprint density at radius 2 is 1.72 bits per heavy atom. The summed E-state index contributed by atoms with van der Waals surface area (Å²) in [7, 11) is 0. The number of carbonyl (C=O) groups is 2. The third kappa shape index (κ3) is 4.73. The monoisotopic (exact) mass is 358 g/mol. The van der Waals surface area contributed by atoms with Gasteiger partial charge in [-0.1, -0.05) is 23.7 Å². The van der Waals surface area contributed by atoms with Gasteiger partial charge in [0.1, 0.15) is 5.75 Å². The van der Waals surface area contributed by atoms with Crippen molar-refractivity contribution in [2.75, 3.05) is 6.61 Å². The molecule has 2 amide bonds. The van der Waals surface area contributed by atoms with Crippen LogP contribution in [0, 0.1) is 0 Å². The van der Waals surface area contributed by atoms with Gasteiger partial charge in [0.05, 0.1) is 0 Å². The molecular formula is C19H19ClN2O3. The molecule has 2 aromatic rings. The lowest BCUT2D eigenvalue weighted by Gasteiger charge is -2.22. The molecule has 2 aromatic carbocycles. The summed E-state index contributed by atoms with van der Waals surface area (Å²) in [5.74, 6) is 0.0915. The Morgan fingerprint density at radius 3 is 2.28 bits per heavy atom. The van der Waals surface area contributed by atoms with Gasteiger partial charge in [-0.15, -0.1) is 0 Å². The largest absolute Gasteiger partial charge is 0.484 e. The first-order chi connectivity index (χ1) is 12.0. The molecule has 1 saturated carbocycles. The van der Waals surface area contributed by atoms with Crippen molar-refractivity contribution in [3.8, 4) is 5.75 Å². The Labute approximate surface area is 151 Å². The highest BCUT2D eigenvalue weighted by atomic mass is 35.5. The van der Waals surface area contributed by atoms with E-state index in [2.05, 4.69) is 0 Å². The van der Waals surface area contributed by atoms with Crippen LogP contribution >= 0.6 is 11.6 Å². The number of benzene rings is 2. The van der Waals surface area contributed by atoms with Gasteiger partial charge in [-0.05, 0) is 54.8 Å². The number of hydrogen-bond acceptors (Lipinski definition) is 3. The maximum Gasteiger partial charge on any atom is 0.261 e. The van der Waals surface area contributed by atoms with Gasteiger partial charge in [-0.2, -0.15) is 0 Å². The molecule has 1 aliphatic rings. The highest BCUT2D eigenvalue weighted by Crippen LogP contribution is 2.28. The van der Waals surface area contributed by atoms with Crippen molar-refractivity contribution in [1.82, 2.24) is 4.90 Å². The first kappa shape index (κ1) is 17.3. The molecular weight excluding hydrogens is 340 g/mol. The van der Waals surface area contributed by atoms with E-state index in [9.17, 15) is 9.59 Å². The van der Waals surface area contributed by atoms with Gasteiger partial charge in [-0.25, -0.2) is 0 Å². The number of halogens is 1. The zero-order valence-electron chi connectivity index (χ0n) is 13.7. The second-order valence-electron chi connectivity index (χ2n) is 6.06. The smallest absolute Gasteiger partial charge is 0.261 e. The highest BCUT2D eigenvalue weighted by Gasteiger charge is 2.32. The summed E-state index contributed by atoms with van der Waals surface area (Å²) >= 11 is 5.84. The lowest BCUT2D eigenvalue weighted by molar-refractivity contribution is -0.134. The molecule has 0 spiro atoms. The fourth-order valence-electron chi connectivity index (χ4n) is 2.54. The number of amides is 2. The molecule has 0 aliphatic heterocycles. The van der Waals surface area contributed by atoms with Crippen LogP contribution in [0.25, 0.3) is 0 Å². The number of nitrogens with zero attached hydrogens (tertiary/aromatic N) is 1. The first-order valence-electron chi connectivity index (χ1n) is 8.09. The summed E-state index contributed by atoms with van der Waals surface area (Å²) in [6.45, 7) is 0.476. The van der Waals surface area contributed by atoms with Gasteiger partial charge in [0.2, 0.25) is 5.91 Å². The minimum absolute atomic E-state index is 0.0164. The molecule has 0 heterocycles. The van der Waals surface area contributed by atoms with Crippen molar-refractivity contribution in [1.29, 1.82) is 0 Å². The lowest BCUT2D eigenvalue weighted by Crippen LogP contribution is -2.36. The summed E-state index contributed by atoms with van der Waals surface area (Å²) in [6, 6.07) is 14.2. The molecule has 1 aliphatic carbocycles. The predicted molar refractivity (Wildman–Crippen MR) is 95.5 cm³/mol. The Balaban J connectivity index is 1.61. The number of primary amides is 1. The zero-order valence-corrected chi connectivity index (χ0v) is 14.4. The number of rotatable bonds is 7. The van der Waals surface area contributed by atoms with Gasteiger partial charge in [-0.3, -0.25) is 9.59 Å². The highest BCUT2D eigenvalue weighted by molar-refractivity contribution is 6.30. The van der Waals surface area contributed by atoms with E-state index >= 15 is 0 Å². The van der Waals surface area contributed by atoms with Crippen molar-refractivity contribution >= 4 is 23.4 Å². The molecule has 5 nitrogen and oxygen atoms in total. The van der Waals surface area contributed by atoms with Crippen LogP contribution in [0.15, 0.2) is 48.5 Å². The van der Waals surface area contributed by atoms with Crippen LogP contribution in [0.3, 0.4) is 0 Å². The molecule has 0 bridgehead atoms. The Hall–Kier alpha value is -2.53. The van der Waals surface area contributed by atoms with E-state index < -0.39 is 5.91 Å². The average molecular weight is 359 g/mol. The van der Waals surface area contributed by atoms with Gasteiger partial charge in [0.25, 0.3) is 5.91 Å². The Bertz CT molecular complexity index is 755. The molecule has 0 unspecified atom stereocenters. The van der Waals surface area contributed by atoms with Crippen molar-refractivity contribution in [2.24, 2.45) is 5.73 Å². The van der Waals surface area contributed by atoms with E-state index in [1.54, 1.807) is 36.4 Å². The topological polar surface area (TPSA) is 72.6 Å². The summed E-state index contributed by atoms with van der Waals surface area (Å²) in [6.07, 6.45) is 2.01. The molecule has 6 heteroatoms. The maximum atomic E-state index is 12.5. The Morgan fingerprint density at radius 1 is 1.08 bits per heavy atom. The summed E-state index contributed by atoms with van der Waals surface area (Å²) < 4.78 is 5.56. The van der Waals surface area contributed by atoms with Crippen molar-refractivity contribution < 1.29 is 14.3 Å². The Kier molecular flexibility index (Phi) is 5.24. The molecule has 25 heavy (non-hydrogen) atoms. The molecule has 0 aromatic heterocycles. The van der Waals surface area contributed by atoms with Crippen LogP contribution in [0.4, 0.5) is 0 Å². The molecule has 0 radical (unpaired) electrons. The van der Waals surface area contributed by atoms with E-state index in [-0.39, 0.29) is 18.6 Å².